The molecular formula is C16H24N4. The maximum Gasteiger partial charge on any atom is 0.169 e. The normalized spacial score (nSPS) is 12.5. The number of nitrogens with zero attached hydrogens (tertiary/aromatic N) is 2. The molecule has 0 fully saturated rings. The molecule has 1 unspecified atom stereocenters. The number of nitrogens with one attached hydrogen (secondary N) is 1. The van der Waals surface area contributed by atoms with Crippen LogP contribution in [0, 0.1) is 5.92 Å². The van der Waals surface area contributed by atoms with Crippen molar-refractivity contribution in [2.24, 2.45) is 5.92 Å². The average Bonchev–Trinajstić information content (AvgIpc) is 2.47. The largest absolute Gasteiger partial charge is 0.381 e. The molecule has 4 nitrogen and oxygen atoms in total. The minimum absolute atomic E-state index is 0.481. The maximum atomic E-state index is 5.98. The molecule has 2 aromatic rings. The summed E-state index contributed by atoms with van der Waals surface area (Å²) < 4.78 is 0. The van der Waals surface area contributed by atoms with Crippen molar-refractivity contribution in [3.63, 3.8) is 0 Å². The van der Waals surface area contributed by atoms with Crippen molar-refractivity contribution < 1.29 is 0 Å². The van der Waals surface area contributed by atoms with Crippen LogP contribution in [-0.2, 0) is 0 Å². The first-order valence-corrected chi connectivity index (χ1v) is 7.50. The quantitative estimate of drug-likeness (QED) is 0.803. The molecule has 0 bridgehead atoms. The van der Waals surface area contributed by atoms with Crippen molar-refractivity contribution >= 4 is 22.7 Å². The van der Waals surface area contributed by atoms with Gasteiger partial charge in [-0.2, -0.15) is 0 Å². The second-order valence-corrected chi connectivity index (χ2v) is 5.24. The van der Waals surface area contributed by atoms with E-state index in [1.807, 2.05) is 24.3 Å². The summed E-state index contributed by atoms with van der Waals surface area (Å²) in [6.45, 7) is 5.37. The fourth-order valence-corrected chi connectivity index (χ4v) is 2.33. The minimum Gasteiger partial charge on any atom is -0.381 e. The Balaban J connectivity index is 2.07. The molecule has 2 rings (SSSR count). The Morgan fingerprint density at radius 1 is 1.15 bits per heavy atom. The molecule has 4 heteroatoms. The van der Waals surface area contributed by atoms with E-state index in [9.17, 15) is 0 Å². The van der Waals surface area contributed by atoms with Crippen molar-refractivity contribution in [2.75, 3.05) is 17.6 Å². The monoisotopic (exact) mass is 272 g/mol. The van der Waals surface area contributed by atoms with Gasteiger partial charge < -0.3 is 11.1 Å². The number of anilines is 2. The number of para-hydroxylation sites is 2. The van der Waals surface area contributed by atoms with Crippen molar-refractivity contribution in [1.29, 1.82) is 0 Å². The van der Waals surface area contributed by atoms with E-state index < -0.39 is 0 Å². The van der Waals surface area contributed by atoms with Gasteiger partial charge in [-0.15, -0.1) is 0 Å². The van der Waals surface area contributed by atoms with Crippen LogP contribution in [0.25, 0.3) is 11.0 Å². The van der Waals surface area contributed by atoms with Crippen LogP contribution < -0.4 is 11.1 Å². The highest BCUT2D eigenvalue weighted by atomic mass is 15.1. The SMILES string of the molecule is CCCCC(CC)CNc1nc2ccccc2nc1N. The van der Waals surface area contributed by atoms with Gasteiger partial charge in [0.1, 0.15) is 0 Å². The van der Waals surface area contributed by atoms with Gasteiger partial charge in [-0.1, -0.05) is 45.2 Å². The Morgan fingerprint density at radius 3 is 2.50 bits per heavy atom. The molecule has 0 amide bonds. The Hall–Kier alpha value is -1.84. The molecule has 3 N–H and O–H groups in total. The van der Waals surface area contributed by atoms with E-state index in [1.54, 1.807) is 0 Å². The Morgan fingerprint density at radius 2 is 1.85 bits per heavy atom. The number of hydrogen-bond acceptors (Lipinski definition) is 4. The highest BCUT2D eigenvalue weighted by Crippen LogP contribution is 2.20. The fourth-order valence-electron chi connectivity index (χ4n) is 2.33. The van der Waals surface area contributed by atoms with Crippen LogP contribution in [-0.4, -0.2) is 16.5 Å². The van der Waals surface area contributed by atoms with E-state index in [4.69, 9.17) is 5.73 Å². The molecule has 0 aliphatic rings. The van der Waals surface area contributed by atoms with Crippen LogP contribution in [0.4, 0.5) is 11.6 Å². The van der Waals surface area contributed by atoms with Gasteiger partial charge in [-0.25, -0.2) is 9.97 Å². The van der Waals surface area contributed by atoms with Crippen molar-refractivity contribution in [1.82, 2.24) is 9.97 Å². The predicted octanol–water partition coefficient (Wildman–Crippen LogP) is 3.84. The lowest BCUT2D eigenvalue weighted by atomic mass is 9.99. The van der Waals surface area contributed by atoms with Gasteiger partial charge >= 0.3 is 0 Å². The van der Waals surface area contributed by atoms with E-state index in [0.717, 1.165) is 17.6 Å². The smallest absolute Gasteiger partial charge is 0.169 e. The summed E-state index contributed by atoms with van der Waals surface area (Å²) in [4.78, 5) is 8.96. The van der Waals surface area contributed by atoms with Gasteiger partial charge in [-0.05, 0) is 24.5 Å². The third-order valence-corrected chi connectivity index (χ3v) is 3.70. The number of benzene rings is 1. The third kappa shape index (κ3) is 3.59. The molecule has 1 aromatic carbocycles. The zero-order chi connectivity index (χ0) is 14.4. The lowest BCUT2D eigenvalue weighted by Crippen LogP contribution is -2.16. The van der Waals surface area contributed by atoms with Gasteiger partial charge in [-0.3, -0.25) is 0 Å². The Labute approximate surface area is 120 Å². The number of nitrogens with two attached hydrogens (primary N) is 1. The molecule has 0 aliphatic carbocycles. The molecule has 0 aliphatic heterocycles. The number of aromatic nitrogens is 2. The first kappa shape index (κ1) is 14.6. The highest BCUT2D eigenvalue weighted by molar-refractivity contribution is 5.79. The number of fused-ring (bicyclic) bond motifs is 1. The Bertz CT molecular complexity index is 553. The number of rotatable bonds is 7. The second-order valence-electron chi connectivity index (χ2n) is 5.24. The number of unbranched alkanes of at least 4 members (excludes halogenated alkanes) is 1. The summed E-state index contributed by atoms with van der Waals surface area (Å²) in [6.07, 6.45) is 4.95. The maximum absolute atomic E-state index is 5.98. The molecule has 0 saturated carbocycles. The van der Waals surface area contributed by atoms with Gasteiger partial charge in [0, 0.05) is 6.54 Å². The zero-order valence-electron chi connectivity index (χ0n) is 12.4. The molecular weight excluding hydrogens is 248 g/mol. The van der Waals surface area contributed by atoms with E-state index in [1.165, 1.54) is 25.7 Å². The van der Waals surface area contributed by atoms with E-state index >= 15 is 0 Å². The molecule has 1 heterocycles. The molecule has 108 valence electrons. The molecule has 1 atom stereocenters. The predicted molar refractivity (Wildman–Crippen MR) is 85.7 cm³/mol. The number of hydrogen-bond donors (Lipinski definition) is 2. The average molecular weight is 272 g/mol. The van der Waals surface area contributed by atoms with Gasteiger partial charge in [0.2, 0.25) is 0 Å². The second kappa shape index (κ2) is 7.08. The van der Waals surface area contributed by atoms with Gasteiger partial charge in [0.05, 0.1) is 11.0 Å². The summed E-state index contributed by atoms with van der Waals surface area (Å²) in [5.74, 6) is 1.86. The molecule has 1 aromatic heterocycles. The van der Waals surface area contributed by atoms with Crippen LogP contribution in [0.2, 0.25) is 0 Å². The lowest BCUT2D eigenvalue weighted by molar-refractivity contribution is 0.472. The lowest BCUT2D eigenvalue weighted by Gasteiger charge is -2.16. The van der Waals surface area contributed by atoms with Crippen LogP contribution in [0.3, 0.4) is 0 Å². The fraction of sp³-hybridized carbons (Fsp3) is 0.500. The van der Waals surface area contributed by atoms with Crippen LogP contribution in [0.5, 0.6) is 0 Å². The zero-order valence-corrected chi connectivity index (χ0v) is 12.4. The van der Waals surface area contributed by atoms with Gasteiger partial charge in [0.15, 0.2) is 11.6 Å². The third-order valence-electron chi connectivity index (χ3n) is 3.70. The van der Waals surface area contributed by atoms with E-state index in [2.05, 4.69) is 29.1 Å². The van der Waals surface area contributed by atoms with Crippen molar-refractivity contribution in [2.45, 2.75) is 39.5 Å². The topological polar surface area (TPSA) is 63.8 Å². The highest BCUT2D eigenvalue weighted by Gasteiger charge is 2.09. The Kier molecular flexibility index (Phi) is 5.16. The van der Waals surface area contributed by atoms with Crippen LogP contribution >= 0.6 is 0 Å². The molecule has 0 spiro atoms. The van der Waals surface area contributed by atoms with E-state index in [-0.39, 0.29) is 0 Å². The van der Waals surface area contributed by atoms with Crippen LogP contribution in [0.1, 0.15) is 39.5 Å². The molecule has 0 radical (unpaired) electrons. The van der Waals surface area contributed by atoms with Crippen molar-refractivity contribution in [3.8, 4) is 0 Å². The summed E-state index contributed by atoms with van der Waals surface area (Å²) in [6, 6.07) is 7.80. The van der Waals surface area contributed by atoms with Gasteiger partial charge in [0.25, 0.3) is 0 Å². The van der Waals surface area contributed by atoms with Crippen LogP contribution in [0.15, 0.2) is 24.3 Å². The summed E-state index contributed by atoms with van der Waals surface area (Å²) >= 11 is 0. The summed E-state index contributed by atoms with van der Waals surface area (Å²) in [7, 11) is 0. The van der Waals surface area contributed by atoms with E-state index in [0.29, 0.717) is 17.6 Å². The standard InChI is InChI=1S/C16H24N4/c1-3-5-8-12(4-2)11-18-16-15(17)19-13-9-6-7-10-14(13)20-16/h6-7,9-10,12H,3-5,8,11H2,1-2H3,(H2,17,19)(H,18,20). The summed E-state index contributed by atoms with van der Waals surface area (Å²) in [5.41, 5.74) is 7.70. The first-order chi connectivity index (χ1) is 9.74. The minimum atomic E-state index is 0.481. The first-order valence-electron chi connectivity index (χ1n) is 7.50. The number of nitrogen functional groups attached to an aromatic ring is 1. The summed E-state index contributed by atoms with van der Waals surface area (Å²) in [5, 5.41) is 3.37. The molecule has 0 saturated heterocycles. The molecule has 20 heavy (non-hydrogen) atoms. The van der Waals surface area contributed by atoms with Crippen molar-refractivity contribution in [3.05, 3.63) is 24.3 Å².